The highest BCUT2D eigenvalue weighted by molar-refractivity contribution is 7.92. The molecule has 1 aliphatic carbocycles. The van der Waals surface area contributed by atoms with Gasteiger partial charge in [-0.15, -0.1) is 0 Å². The molecule has 8 heteroatoms. The third-order valence-electron chi connectivity index (χ3n) is 5.70. The Balaban J connectivity index is 1.45. The van der Waals surface area contributed by atoms with Gasteiger partial charge in [0.2, 0.25) is 21.8 Å². The first-order valence-corrected chi connectivity index (χ1v) is 11.8. The summed E-state index contributed by atoms with van der Waals surface area (Å²) in [6, 6.07) is 9.25. The highest BCUT2D eigenvalue weighted by Crippen LogP contribution is 2.24. The Kier molecular flexibility index (Phi) is 7.44. The minimum absolute atomic E-state index is 0.0209. The molecule has 1 aromatic rings. The van der Waals surface area contributed by atoms with Crippen LogP contribution in [0, 0.1) is 11.8 Å². The second-order valence-corrected chi connectivity index (χ2v) is 9.56. The molecule has 3 rings (SSSR count). The molecule has 2 fully saturated rings. The van der Waals surface area contributed by atoms with Crippen molar-refractivity contribution in [1.29, 1.82) is 0 Å². The van der Waals surface area contributed by atoms with Crippen LogP contribution in [0.3, 0.4) is 0 Å². The second-order valence-electron chi connectivity index (χ2n) is 7.75. The van der Waals surface area contributed by atoms with Crippen molar-refractivity contribution in [2.24, 2.45) is 11.8 Å². The molecular weight excluding hydrogens is 390 g/mol. The van der Waals surface area contributed by atoms with Crippen LogP contribution in [0.15, 0.2) is 35.7 Å². The Morgan fingerprint density at radius 2 is 1.41 bits per heavy atom. The lowest BCUT2D eigenvalue weighted by Crippen LogP contribution is -2.49. The number of hydrazine groups is 1. The monoisotopic (exact) mass is 419 g/mol. The highest BCUT2D eigenvalue weighted by atomic mass is 32.2. The molecule has 0 aromatic heterocycles. The first-order valence-electron chi connectivity index (χ1n) is 10.3. The normalized spacial score (nSPS) is 19.9. The summed E-state index contributed by atoms with van der Waals surface area (Å²) in [5, 5.41) is 1.22. The van der Waals surface area contributed by atoms with Gasteiger partial charge in [-0.05, 0) is 37.3 Å². The maximum Gasteiger partial charge on any atom is 0.241 e. The van der Waals surface area contributed by atoms with Crippen molar-refractivity contribution in [2.45, 2.75) is 44.9 Å². The van der Waals surface area contributed by atoms with E-state index in [4.69, 9.17) is 0 Å². The lowest BCUT2D eigenvalue weighted by atomic mass is 9.89. The summed E-state index contributed by atoms with van der Waals surface area (Å²) in [4.78, 5) is 24.5. The molecule has 1 heterocycles. The fourth-order valence-corrected chi connectivity index (χ4v) is 5.10. The van der Waals surface area contributed by atoms with Gasteiger partial charge in [-0.1, -0.05) is 49.6 Å². The molecule has 0 spiro atoms. The summed E-state index contributed by atoms with van der Waals surface area (Å²) < 4.78 is 26.4. The van der Waals surface area contributed by atoms with Crippen molar-refractivity contribution in [1.82, 2.24) is 15.2 Å². The first kappa shape index (κ1) is 21.5. The Labute approximate surface area is 172 Å². The van der Waals surface area contributed by atoms with Gasteiger partial charge < -0.3 is 0 Å². The zero-order chi connectivity index (χ0) is 20.7. The summed E-state index contributed by atoms with van der Waals surface area (Å²) in [5.74, 6) is -0.686. The maximum atomic E-state index is 12.5. The van der Waals surface area contributed by atoms with Gasteiger partial charge >= 0.3 is 0 Å². The highest BCUT2D eigenvalue weighted by Gasteiger charge is 2.30. The van der Waals surface area contributed by atoms with Crippen LogP contribution in [0.1, 0.15) is 50.5 Å². The van der Waals surface area contributed by atoms with Crippen LogP contribution in [0.2, 0.25) is 0 Å². The molecule has 1 aliphatic heterocycles. The average Bonchev–Trinajstić information content (AvgIpc) is 2.77. The molecule has 2 amide bonds. The summed E-state index contributed by atoms with van der Waals surface area (Å²) in [6.45, 7) is 0.576. The number of sulfonamides is 1. The van der Waals surface area contributed by atoms with Gasteiger partial charge in [0.05, 0.1) is 0 Å². The van der Waals surface area contributed by atoms with Crippen molar-refractivity contribution in [3.05, 3.63) is 41.3 Å². The van der Waals surface area contributed by atoms with E-state index < -0.39 is 10.0 Å². The fourth-order valence-electron chi connectivity index (χ4n) is 3.88. The Bertz CT molecular complexity index is 825. The third-order valence-corrected chi connectivity index (χ3v) is 7.27. The van der Waals surface area contributed by atoms with Crippen LogP contribution in [0.4, 0.5) is 0 Å². The number of amides is 2. The molecular formula is C21H29N3O4S. The minimum Gasteiger partial charge on any atom is -0.273 e. The lowest BCUT2D eigenvalue weighted by molar-refractivity contribution is -0.134. The number of rotatable bonds is 5. The third kappa shape index (κ3) is 6.14. The van der Waals surface area contributed by atoms with Crippen molar-refractivity contribution < 1.29 is 18.0 Å². The van der Waals surface area contributed by atoms with Crippen LogP contribution < -0.4 is 10.9 Å². The molecule has 0 atom stereocenters. The SMILES string of the molecule is O=C(NNC(=O)C1CCN(S(=O)(=O)/C=C/c2ccccc2)CC1)C1CCCCC1. The summed E-state index contributed by atoms with van der Waals surface area (Å²) in [5.41, 5.74) is 5.90. The average molecular weight is 420 g/mol. The van der Waals surface area contributed by atoms with Crippen LogP contribution in [0.5, 0.6) is 0 Å². The van der Waals surface area contributed by atoms with Gasteiger partial charge in [0.15, 0.2) is 0 Å². The van der Waals surface area contributed by atoms with E-state index in [1.807, 2.05) is 30.3 Å². The van der Waals surface area contributed by atoms with Gasteiger partial charge in [-0.3, -0.25) is 20.4 Å². The van der Waals surface area contributed by atoms with Gasteiger partial charge in [-0.2, -0.15) is 4.31 Å². The van der Waals surface area contributed by atoms with Crippen molar-refractivity contribution >= 4 is 27.9 Å². The smallest absolute Gasteiger partial charge is 0.241 e. The Morgan fingerprint density at radius 3 is 2.00 bits per heavy atom. The standard InChI is InChI=1S/C21H29N3O4S/c25-20(18-9-5-2-6-10-18)22-23-21(26)19-11-14-24(15-12-19)29(27,28)16-13-17-7-3-1-4-8-17/h1,3-4,7-8,13,16,18-19H,2,5-6,9-12,14-15H2,(H,22,25)(H,23,26)/b16-13+. The topological polar surface area (TPSA) is 95.6 Å². The zero-order valence-corrected chi connectivity index (χ0v) is 17.4. The molecule has 7 nitrogen and oxygen atoms in total. The number of carbonyl (C=O) groups excluding carboxylic acids is 2. The summed E-state index contributed by atoms with van der Waals surface area (Å²) in [6.07, 6.45) is 7.46. The first-order chi connectivity index (χ1) is 14.0. The van der Waals surface area contributed by atoms with E-state index in [-0.39, 0.29) is 36.7 Å². The van der Waals surface area contributed by atoms with E-state index in [0.717, 1.165) is 37.7 Å². The zero-order valence-electron chi connectivity index (χ0n) is 16.5. The molecule has 2 aliphatic rings. The molecule has 0 radical (unpaired) electrons. The Hall–Kier alpha value is -2.19. The van der Waals surface area contributed by atoms with Crippen molar-refractivity contribution in [3.63, 3.8) is 0 Å². The summed E-state index contributed by atoms with van der Waals surface area (Å²) in [7, 11) is -3.52. The number of nitrogens with zero attached hydrogens (tertiary/aromatic N) is 1. The predicted octanol–water partition coefficient (Wildman–Crippen LogP) is 2.43. The molecule has 1 aromatic carbocycles. The fraction of sp³-hybridized carbons (Fsp3) is 0.524. The lowest BCUT2D eigenvalue weighted by Gasteiger charge is -2.29. The van der Waals surface area contributed by atoms with E-state index in [0.29, 0.717) is 12.8 Å². The van der Waals surface area contributed by atoms with E-state index in [1.165, 1.54) is 9.71 Å². The molecule has 1 saturated carbocycles. The van der Waals surface area contributed by atoms with Crippen molar-refractivity contribution in [2.75, 3.05) is 13.1 Å². The second kappa shape index (κ2) is 10.0. The van der Waals surface area contributed by atoms with E-state index in [9.17, 15) is 18.0 Å². The van der Waals surface area contributed by atoms with Gasteiger partial charge in [0, 0.05) is 30.3 Å². The number of carbonyl (C=O) groups is 2. The quantitative estimate of drug-likeness (QED) is 0.717. The predicted molar refractivity (Wildman–Crippen MR) is 112 cm³/mol. The van der Waals surface area contributed by atoms with Crippen molar-refractivity contribution in [3.8, 4) is 0 Å². The number of hydrogen-bond donors (Lipinski definition) is 2. The molecule has 0 unspecified atom stereocenters. The van der Waals surface area contributed by atoms with Crippen LogP contribution >= 0.6 is 0 Å². The van der Waals surface area contributed by atoms with E-state index in [1.54, 1.807) is 6.08 Å². The maximum absolute atomic E-state index is 12.5. The van der Waals surface area contributed by atoms with E-state index >= 15 is 0 Å². The number of nitrogens with one attached hydrogen (secondary N) is 2. The van der Waals surface area contributed by atoms with Crippen LogP contribution in [0.25, 0.3) is 6.08 Å². The summed E-state index contributed by atoms with van der Waals surface area (Å²) >= 11 is 0. The molecule has 158 valence electrons. The number of hydrogen-bond acceptors (Lipinski definition) is 4. The molecule has 1 saturated heterocycles. The molecule has 29 heavy (non-hydrogen) atoms. The van der Waals surface area contributed by atoms with Crippen LogP contribution in [-0.4, -0.2) is 37.6 Å². The number of benzene rings is 1. The molecule has 2 N–H and O–H groups in total. The van der Waals surface area contributed by atoms with Crippen LogP contribution in [-0.2, 0) is 19.6 Å². The minimum atomic E-state index is -3.52. The molecule has 0 bridgehead atoms. The largest absolute Gasteiger partial charge is 0.273 e. The van der Waals surface area contributed by atoms with Gasteiger partial charge in [0.1, 0.15) is 0 Å². The number of piperidine rings is 1. The van der Waals surface area contributed by atoms with E-state index in [2.05, 4.69) is 10.9 Å². The van der Waals surface area contributed by atoms with Gasteiger partial charge in [0.25, 0.3) is 0 Å². The Morgan fingerprint density at radius 1 is 0.862 bits per heavy atom. The van der Waals surface area contributed by atoms with Gasteiger partial charge in [-0.25, -0.2) is 8.42 Å².